The number of benzene rings is 3. The average molecular weight is 649 g/mol. The fraction of sp³-hybridized carbons (Fsp3) is 0.382. The maximum absolute atomic E-state index is 14.3. The molecule has 44 heavy (non-hydrogen) atoms. The molecule has 0 radical (unpaired) electrons. The van der Waals surface area contributed by atoms with Crippen molar-refractivity contribution in [2.75, 3.05) is 31.6 Å². The fourth-order valence-corrected chi connectivity index (χ4v) is 6.87. The van der Waals surface area contributed by atoms with Crippen molar-refractivity contribution >= 4 is 34.8 Å². The number of alkyl halides is 3. The molecule has 2 heterocycles. The number of likely N-dealkylation sites (tertiary alicyclic amines) is 1. The van der Waals surface area contributed by atoms with E-state index in [9.17, 15) is 22.4 Å². The van der Waals surface area contributed by atoms with Crippen LogP contribution in [0.1, 0.15) is 53.9 Å². The number of amides is 1. The molecule has 1 N–H and O–H groups in total. The van der Waals surface area contributed by atoms with E-state index in [1.807, 2.05) is 18.0 Å². The smallest absolute Gasteiger partial charge is 0.351 e. The Morgan fingerprint density at radius 3 is 2.41 bits per heavy atom. The second-order valence-electron chi connectivity index (χ2n) is 11.9. The highest BCUT2D eigenvalue weighted by molar-refractivity contribution is 6.42. The van der Waals surface area contributed by atoms with Crippen LogP contribution in [0.5, 0.6) is 0 Å². The van der Waals surface area contributed by atoms with E-state index in [1.54, 1.807) is 42.5 Å². The number of rotatable bonds is 8. The van der Waals surface area contributed by atoms with E-state index in [-0.39, 0.29) is 29.2 Å². The predicted octanol–water partition coefficient (Wildman–Crippen LogP) is 8.41. The van der Waals surface area contributed by atoms with Crippen LogP contribution in [-0.2, 0) is 23.2 Å². The van der Waals surface area contributed by atoms with Crippen molar-refractivity contribution in [3.8, 4) is 0 Å². The van der Waals surface area contributed by atoms with Gasteiger partial charge in [0.05, 0.1) is 22.4 Å². The van der Waals surface area contributed by atoms with Crippen LogP contribution in [0.2, 0.25) is 10.0 Å². The van der Waals surface area contributed by atoms with Crippen LogP contribution in [0.3, 0.4) is 0 Å². The fourth-order valence-electron chi connectivity index (χ4n) is 6.56. The van der Waals surface area contributed by atoms with Gasteiger partial charge in [0.25, 0.3) is 0 Å². The zero-order valence-corrected chi connectivity index (χ0v) is 26.0. The number of piperidine rings is 1. The Hall–Kier alpha value is -3.07. The van der Waals surface area contributed by atoms with E-state index in [1.165, 1.54) is 12.1 Å². The summed E-state index contributed by atoms with van der Waals surface area (Å²) >= 11 is 12.5. The third-order valence-corrected chi connectivity index (χ3v) is 9.82. The quantitative estimate of drug-likeness (QED) is 0.249. The van der Waals surface area contributed by atoms with Crippen molar-refractivity contribution in [3.05, 3.63) is 111 Å². The van der Waals surface area contributed by atoms with Crippen molar-refractivity contribution in [3.63, 3.8) is 0 Å². The average Bonchev–Trinajstić information content (AvgIpc) is 2.97. The lowest BCUT2D eigenvalue weighted by molar-refractivity contribution is -0.127. The first-order valence-corrected chi connectivity index (χ1v) is 15.4. The molecule has 3 aromatic rings. The number of halogens is 6. The van der Waals surface area contributed by atoms with Crippen LogP contribution in [0, 0.1) is 5.82 Å². The van der Waals surface area contributed by atoms with Crippen molar-refractivity contribution in [1.82, 2.24) is 10.2 Å². The van der Waals surface area contributed by atoms with Gasteiger partial charge in [-0.2, -0.15) is 13.2 Å². The van der Waals surface area contributed by atoms with Gasteiger partial charge in [-0.15, -0.1) is 0 Å². The zero-order valence-electron chi connectivity index (χ0n) is 24.5. The Kier molecular flexibility index (Phi) is 9.64. The van der Waals surface area contributed by atoms with Gasteiger partial charge in [0.1, 0.15) is 5.82 Å². The van der Waals surface area contributed by atoms with Crippen LogP contribution >= 0.6 is 23.2 Å². The van der Waals surface area contributed by atoms with Gasteiger partial charge in [0, 0.05) is 30.4 Å². The molecule has 10 heteroatoms. The number of anilines is 1. The Labute approximate surface area is 265 Å². The van der Waals surface area contributed by atoms with Gasteiger partial charge in [-0.1, -0.05) is 60.1 Å². The summed E-state index contributed by atoms with van der Waals surface area (Å²) in [6.45, 7) is 6.41. The molecule has 1 saturated heterocycles. The minimum Gasteiger partial charge on any atom is -0.351 e. The molecule has 0 saturated carbocycles. The second kappa shape index (κ2) is 13.1. The first-order valence-electron chi connectivity index (χ1n) is 14.7. The topological polar surface area (TPSA) is 35.6 Å². The lowest BCUT2D eigenvalue weighted by Gasteiger charge is -2.48. The molecule has 1 amide bonds. The molecule has 1 fully saturated rings. The summed E-state index contributed by atoms with van der Waals surface area (Å²) in [6.07, 6.45) is -2.52. The second-order valence-corrected chi connectivity index (χ2v) is 12.7. The number of allylic oxidation sites excluding steroid dienone is 1. The van der Waals surface area contributed by atoms with Crippen molar-refractivity contribution < 1.29 is 22.4 Å². The van der Waals surface area contributed by atoms with E-state index in [4.69, 9.17) is 23.2 Å². The van der Waals surface area contributed by atoms with E-state index < -0.39 is 18.5 Å². The maximum atomic E-state index is 14.3. The van der Waals surface area contributed by atoms with Crippen molar-refractivity contribution in [2.24, 2.45) is 0 Å². The minimum atomic E-state index is -4.35. The van der Waals surface area contributed by atoms with E-state index in [0.29, 0.717) is 34.1 Å². The number of fused-ring (bicyclic) bond motifs is 2. The van der Waals surface area contributed by atoms with Crippen LogP contribution in [-0.4, -0.2) is 43.7 Å². The molecular formula is C34H35Cl2F4N3O. The molecule has 3 aromatic carbocycles. The molecule has 0 bridgehead atoms. The molecule has 0 aliphatic carbocycles. The number of hydrogen-bond donors (Lipinski definition) is 1. The van der Waals surface area contributed by atoms with Gasteiger partial charge in [0.15, 0.2) is 0 Å². The summed E-state index contributed by atoms with van der Waals surface area (Å²) < 4.78 is 53.7. The van der Waals surface area contributed by atoms with Crippen LogP contribution in [0.25, 0.3) is 0 Å². The molecule has 1 atom stereocenters. The van der Waals surface area contributed by atoms with Gasteiger partial charge in [-0.05, 0) is 97.9 Å². The highest BCUT2D eigenvalue weighted by Gasteiger charge is 2.42. The number of carbonyl (C=O) groups excluding carboxylic acids is 1. The van der Waals surface area contributed by atoms with Crippen LogP contribution in [0.15, 0.2) is 72.9 Å². The molecule has 4 nitrogen and oxygen atoms in total. The number of hydrogen-bond acceptors (Lipinski definition) is 3. The highest BCUT2D eigenvalue weighted by atomic mass is 35.5. The molecule has 1 unspecified atom stereocenters. The molecular weight excluding hydrogens is 613 g/mol. The normalized spacial score (nSPS) is 17.4. The van der Waals surface area contributed by atoms with Gasteiger partial charge in [-0.3, -0.25) is 4.79 Å². The largest absolute Gasteiger partial charge is 0.393 e. The third kappa shape index (κ3) is 7.24. The highest BCUT2D eigenvalue weighted by Crippen LogP contribution is 2.49. The molecule has 2 aliphatic heterocycles. The summed E-state index contributed by atoms with van der Waals surface area (Å²) in [7, 11) is 1.96. The number of carbonyl (C=O) groups is 1. The first kappa shape index (κ1) is 32.3. The molecule has 5 rings (SSSR count). The van der Waals surface area contributed by atoms with Crippen LogP contribution < -0.4 is 10.2 Å². The van der Waals surface area contributed by atoms with E-state index in [0.717, 1.165) is 49.3 Å². The van der Waals surface area contributed by atoms with Gasteiger partial charge >= 0.3 is 6.18 Å². The van der Waals surface area contributed by atoms with Gasteiger partial charge in [0.2, 0.25) is 5.91 Å². The SMILES string of the molecule is C=C1CC2(CCN(CCC(C(=O)NCc3ccccc3CC(F)(F)F)c3ccc(Cl)c(Cl)c3)CC2)c2cc(F)ccc2N1C. The monoisotopic (exact) mass is 647 g/mol. The molecule has 234 valence electrons. The molecule has 0 aromatic heterocycles. The summed E-state index contributed by atoms with van der Waals surface area (Å²) in [5.74, 6) is -1.13. The van der Waals surface area contributed by atoms with E-state index >= 15 is 0 Å². The van der Waals surface area contributed by atoms with E-state index in [2.05, 4.69) is 16.8 Å². The van der Waals surface area contributed by atoms with Crippen molar-refractivity contribution in [2.45, 2.75) is 56.2 Å². The predicted molar refractivity (Wildman–Crippen MR) is 168 cm³/mol. The Balaban J connectivity index is 1.28. The standard InChI is InChI=1S/C34H35Cl2F4N3O/c1-22-19-33(28-18-26(37)8-10-31(28)42(22)2)12-15-43(16-13-33)14-11-27(23-7-9-29(35)30(36)17-23)32(44)41-21-25-6-4-3-5-24(25)20-34(38,39)40/h3-10,17-18,27H,1,11-16,19-21H2,2H3,(H,41,44). The lowest BCUT2D eigenvalue weighted by Crippen LogP contribution is -2.47. The van der Waals surface area contributed by atoms with Gasteiger partial charge < -0.3 is 15.1 Å². The lowest BCUT2D eigenvalue weighted by atomic mass is 9.67. The Morgan fingerprint density at radius 1 is 1.02 bits per heavy atom. The number of nitrogens with zero attached hydrogens (tertiary/aromatic N) is 2. The Bertz CT molecular complexity index is 1540. The summed E-state index contributed by atoms with van der Waals surface area (Å²) in [5, 5.41) is 3.56. The third-order valence-electron chi connectivity index (χ3n) is 9.08. The molecule has 1 spiro atoms. The van der Waals surface area contributed by atoms with Gasteiger partial charge in [-0.25, -0.2) is 4.39 Å². The molecule has 2 aliphatic rings. The maximum Gasteiger partial charge on any atom is 0.393 e. The Morgan fingerprint density at radius 2 is 1.73 bits per heavy atom. The van der Waals surface area contributed by atoms with Crippen LogP contribution in [0.4, 0.5) is 23.2 Å². The minimum absolute atomic E-state index is 0.0244. The summed E-state index contributed by atoms with van der Waals surface area (Å²) in [4.78, 5) is 17.9. The first-order chi connectivity index (χ1) is 20.8. The van der Waals surface area contributed by atoms with Crippen molar-refractivity contribution in [1.29, 1.82) is 0 Å². The summed E-state index contributed by atoms with van der Waals surface area (Å²) in [6, 6.07) is 16.3. The number of nitrogens with one attached hydrogen (secondary N) is 1. The summed E-state index contributed by atoms with van der Waals surface area (Å²) in [5.41, 5.74) is 4.06. The zero-order chi connectivity index (χ0) is 31.6.